The van der Waals surface area contributed by atoms with Crippen LogP contribution < -0.4 is 5.32 Å². The maximum absolute atomic E-state index is 13.9. The molecule has 0 spiro atoms. The Labute approximate surface area is 179 Å². The van der Waals surface area contributed by atoms with Gasteiger partial charge in [0.15, 0.2) is 27.1 Å². The van der Waals surface area contributed by atoms with E-state index >= 15 is 0 Å². The molecule has 0 fully saturated rings. The zero-order chi connectivity index (χ0) is 22.3. The fourth-order valence-corrected chi connectivity index (χ4v) is 4.14. The van der Waals surface area contributed by atoms with Gasteiger partial charge in [-0.1, -0.05) is 18.2 Å². The van der Waals surface area contributed by atoms with Gasteiger partial charge in [-0.3, -0.25) is 0 Å². The maximum atomic E-state index is 13.9. The molecule has 0 aliphatic carbocycles. The quantitative estimate of drug-likeness (QED) is 0.489. The van der Waals surface area contributed by atoms with Crippen molar-refractivity contribution in [1.82, 2.24) is 14.6 Å². The molecular formula is C22H21FN4O3S. The molecule has 2 N–H and O–H groups in total. The Balaban J connectivity index is 1.74. The average molecular weight is 441 g/mol. The highest BCUT2D eigenvalue weighted by Gasteiger charge is 2.17. The van der Waals surface area contributed by atoms with Crippen LogP contribution in [-0.4, -0.2) is 34.4 Å². The van der Waals surface area contributed by atoms with Gasteiger partial charge in [-0.05, 0) is 49.2 Å². The van der Waals surface area contributed by atoms with Gasteiger partial charge in [0.1, 0.15) is 5.82 Å². The summed E-state index contributed by atoms with van der Waals surface area (Å²) in [5.41, 5.74) is 3.98. The van der Waals surface area contributed by atoms with E-state index in [1.807, 2.05) is 26.0 Å². The number of phenolic OH excluding ortho intramolecular Hbond substituents is 1. The van der Waals surface area contributed by atoms with Gasteiger partial charge in [-0.25, -0.2) is 17.8 Å². The normalized spacial score (nSPS) is 11.7. The summed E-state index contributed by atoms with van der Waals surface area (Å²) >= 11 is 0. The lowest BCUT2D eigenvalue weighted by molar-refractivity contribution is 0.432. The molecule has 2 aromatic carbocycles. The number of aromatic nitrogens is 3. The zero-order valence-electron chi connectivity index (χ0n) is 17.2. The van der Waals surface area contributed by atoms with Crippen LogP contribution in [0.4, 0.5) is 10.2 Å². The van der Waals surface area contributed by atoms with Crippen molar-refractivity contribution >= 4 is 21.3 Å². The Morgan fingerprint density at radius 2 is 1.90 bits per heavy atom. The standard InChI is InChI=1S/C22H21FN4O3S/c1-13-9-20(24-12-15-5-4-6-17(10-15)31(3,29)30)27-22(25-13)21(14(2)26-27)16-7-8-19(28)18(23)11-16/h4-11,24,28H,12H2,1-3H3. The molecular weight excluding hydrogens is 419 g/mol. The van der Waals surface area contributed by atoms with Crippen molar-refractivity contribution in [2.45, 2.75) is 25.3 Å². The number of phenols is 1. The molecule has 31 heavy (non-hydrogen) atoms. The van der Waals surface area contributed by atoms with Crippen molar-refractivity contribution in [3.05, 3.63) is 71.3 Å². The van der Waals surface area contributed by atoms with Crippen LogP contribution in [0.25, 0.3) is 16.8 Å². The smallest absolute Gasteiger partial charge is 0.175 e. The third kappa shape index (κ3) is 4.09. The summed E-state index contributed by atoms with van der Waals surface area (Å²) in [4.78, 5) is 4.84. The molecule has 0 radical (unpaired) electrons. The fourth-order valence-electron chi connectivity index (χ4n) is 3.45. The first-order chi connectivity index (χ1) is 14.6. The Kier molecular flexibility index (Phi) is 5.14. The molecule has 0 saturated heterocycles. The van der Waals surface area contributed by atoms with E-state index in [0.29, 0.717) is 34.8 Å². The third-order valence-electron chi connectivity index (χ3n) is 4.93. The van der Waals surface area contributed by atoms with Crippen LogP contribution in [0.3, 0.4) is 0 Å². The van der Waals surface area contributed by atoms with E-state index in [0.717, 1.165) is 11.3 Å². The summed E-state index contributed by atoms with van der Waals surface area (Å²) < 4.78 is 39.2. The minimum absolute atomic E-state index is 0.259. The molecule has 0 bridgehead atoms. The number of benzene rings is 2. The van der Waals surface area contributed by atoms with Gasteiger partial charge in [-0.2, -0.15) is 9.61 Å². The number of fused-ring (bicyclic) bond motifs is 1. The highest BCUT2D eigenvalue weighted by Crippen LogP contribution is 2.31. The summed E-state index contributed by atoms with van der Waals surface area (Å²) in [6.45, 7) is 4.03. The number of rotatable bonds is 5. The van der Waals surface area contributed by atoms with E-state index in [-0.39, 0.29) is 4.90 Å². The summed E-state index contributed by atoms with van der Waals surface area (Å²) in [5, 5.41) is 17.4. The predicted octanol–water partition coefficient (Wildman–Crippen LogP) is 3.87. The molecule has 0 unspecified atom stereocenters. The van der Waals surface area contributed by atoms with Crippen molar-refractivity contribution in [3.8, 4) is 16.9 Å². The number of nitrogens with zero attached hydrogens (tertiary/aromatic N) is 3. The number of hydrogen-bond donors (Lipinski definition) is 2. The average Bonchev–Trinajstić information content (AvgIpc) is 3.03. The van der Waals surface area contributed by atoms with Gasteiger partial charge in [0.25, 0.3) is 0 Å². The van der Waals surface area contributed by atoms with Crippen LogP contribution in [0.5, 0.6) is 5.75 Å². The van der Waals surface area contributed by atoms with E-state index in [2.05, 4.69) is 15.4 Å². The lowest BCUT2D eigenvalue weighted by Gasteiger charge is -2.11. The topological polar surface area (TPSA) is 96.6 Å². The summed E-state index contributed by atoms with van der Waals surface area (Å²) in [7, 11) is -3.29. The number of sulfone groups is 1. The number of aromatic hydroxyl groups is 1. The molecule has 2 aromatic heterocycles. The molecule has 9 heteroatoms. The van der Waals surface area contributed by atoms with Gasteiger partial charge in [0.2, 0.25) is 0 Å². The lowest BCUT2D eigenvalue weighted by Crippen LogP contribution is -2.07. The minimum atomic E-state index is -3.29. The molecule has 7 nitrogen and oxygen atoms in total. The number of halogens is 1. The largest absolute Gasteiger partial charge is 0.505 e. The fraction of sp³-hybridized carbons (Fsp3) is 0.182. The molecule has 4 rings (SSSR count). The second-order valence-electron chi connectivity index (χ2n) is 7.42. The highest BCUT2D eigenvalue weighted by molar-refractivity contribution is 7.90. The van der Waals surface area contributed by atoms with Gasteiger partial charge in [0, 0.05) is 30.1 Å². The third-order valence-corrected chi connectivity index (χ3v) is 6.04. The van der Waals surface area contributed by atoms with E-state index < -0.39 is 21.4 Å². The van der Waals surface area contributed by atoms with Crippen molar-refractivity contribution in [3.63, 3.8) is 0 Å². The van der Waals surface area contributed by atoms with Crippen LogP contribution >= 0.6 is 0 Å². The molecule has 0 saturated carbocycles. The Morgan fingerprint density at radius 3 is 2.61 bits per heavy atom. The van der Waals surface area contributed by atoms with Crippen LogP contribution in [0.1, 0.15) is 17.0 Å². The van der Waals surface area contributed by atoms with E-state index in [4.69, 9.17) is 0 Å². The van der Waals surface area contributed by atoms with Gasteiger partial charge in [0.05, 0.1) is 10.6 Å². The van der Waals surface area contributed by atoms with Crippen molar-refractivity contribution in [2.75, 3.05) is 11.6 Å². The van der Waals surface area contributed by atoms with Crippen molar-refractivity contribution in [1.29, 1.82) is 0 Å². The maximum Gasteiger partial charge on any atom is 0.175 e. The first-order valence-corrected chi connectivity index (χ1v) is 11.4. The molecule has 0 atom stereocenters. The predicted molar refractivity (Wildman–Crippen MR) is 116 cm³/mol. The van der Waals surface area contributed by atoms with Gasteiger partial charge < -0.3 is 10.4 Å². The number of nitrogens with one attached hydrogen (secondary N) is 1. The monoisotopic (exact) mass is 440 g/mol. The summed E-state index contributed by atoms with van der Waals surface area (Å²) in [6.07, 6.45) is 1.18. The van der Waals surface area contributed by atoms with Crippen LogP contribution in [-0.2, 0) is 16.4 Å². The van der Waals surface area contributed by atoms with E-state index in [9.17, 15) is 17.9 Å². The van der Waals surface area contributed by atoms with Crippen molar-refractivity contribution < 1.29 is 17.9 Å². The van der Waals surface area contributed by atoms with Gasteiger partial charge >= 0.3 is 0 Å². The van der Waals surface area contributed by atoms with Crippen molar-refractivity contribution in [2.24, 2.45) is 0 Å². The van der Waals surface area contributed by atoms with Crippen LogP contribution in [0.2, 0.25) is 0 Å². The Hall–Kier alpha value is -3.46. The number of aryl methyl sites for hydroxylation is 2. The first-order valence-electron chi connectivity index (χ1n) is 9.52. The zero-order valence-corrected chi connectivity index (χ0v) is 18.0. The van der Waals surface area contributed by atoms with Crippen LogP contribution in [0, 0.1) is 19.7 Å². The van der Waals surface area contributed by atoms with Crippen LogP contribution in [0.15, 0.2) is 53.4 Å². The highest BCUT2D eigenvalue weighted by atomic mass is 32.2. The Morgan fingerprint density at radius 1 is 1.13 bits per heavy atom. The Bertz CT molecular complexity index is 1410. The molecule has 0 aliphatic heterocycles. The lowest BCUT2D eigenvalue weighted by atomic mass is 10.1. The SMILES string of the molecule is Cc1cc(NCc2cccc(S(C)(=O)=O)c2)n2nc(C)c(-c3ccc(O)c(F)c3)c2n1. The molecule has 2 heterocycles. The number of hydrogen-bond acceptors (Lipinski definition) is 6. The molecule has 160 valence electrons. The van der Waals surface area contributed by atoms with Gasteiger partial charge in [-0.15, -0.1) is 0 Å². The van der Waals surface area contributed by atoms with E-state index in [1.165, 1.54) is 18.4 Å². The number of anilines is 1. The minimum Gasteiger partial charge on any atom is -0.505 e. The second kappa shape index (κ2) is 7.66. The molecule has 4 aromatic rings. The van der Waals surface area contributed by atoms with E-state index in [1.54, 1.807) is 28.8 Å². The first kappa shape index (κ1) is 20.8. The second-order valence-corrected chi connectivity index (χ2v) is 9.43. The molecule has 0 amide bonds. The summed E-state index contributed by atoms with van der Waals surface area (Å²) in [6, 6.07) is 12.8. The molecule has 0 aliphatic rings. The summed E-state index contributed by atoms with van der Waals surface area (Å²) in [5.74, 6) is -0.463.